The molecule has 4 atom stereocenters. The Morgan fingerprint density at radius 1 is 1.19 bits per heavy atom. The molecule has 0 saturated carbocycles. The number of nitrogens with two attached hydrogens (primary N) is 1. The Morgan fingerprint density at radius 3 is 2.53 bits per heavy atom. The van der Waals surface area contributed by atoms with Gasteiger partial charge >= 0.3 is 5.97 Å². The standard InChI is InChI=1S/C20H33N7O5/c1-12(20(31)32)25-19(30)16(9-13-10-22-11-24-13)27-18(29)15(5-2-3-7-21)26-17(28)14-6-4-8-23-14/h10-12,14-16,23H,2-9,21H2,1H3,(H,22,24)(H,25,30)(H,26,28)(H,27,29)(H,31,32). The molecule has 1 aliphatic rings. The zero-order valence-electron chi connectivity index (χ0n) is 18.2. The molecule has 4 unspecified atom stereocenters. The summed E-state index contributed by atoms with van der Waals surface area (Å²) >= 11 is 0. The van der Waals surface area contributed by atoms with E-state index in [0.29, 0.717) is 37.9 Å². The molecule has 1 saturated heterocycles. The summed E-state index contributed by atoms with van der Waals surface area (Å²) in [6.07, 6.45) is 6.30. The average Bonchev–Trinajstić information content (AvgIpc) is 3.46. The molecular formula is C20H33N7O5. The van der Waals surface area contributed by atoms with Crippen LogP contribution in [0.2, 0.25) is 0 Å². The fraction of sp³-hybridized carbons (Fsp3) is 0.650. The minimum atomic E-state index is -1.19. The summed E-state index contributed by atoms with van der Waals surface area (Å²) in [5.74, 6) is -2.62. The first kappa shape index (κ1) is 25.3. The van der Waals surface area contributed by atoms with Gasteiger partial charge in [0.1, 0.15) is 18.1 Å². The molecular weight excluding hydrogens is 418 g/mol. The van der Waals surface area contributed by atoms with Crippen LogP contribution in [0.3, 0.4) is 0 Å². The van der Waals surface area contributed by atoms with Crippen LogP contribution in [0.25, 0.3) is 0 Å². The third kappa shape index (κ3) is 7.93. The third-order valence-corrected chi connectivity index (χ3v) is 5.30. The van der Waals surface area contributed by atoms with Gasteiger partial charge in [0.2, 0.25) is 17.7 Å². The van der Waals surface area contributed by atoms with Crippen LogP contribution in [0.5, 0.6) is 0 Å². The second kappa shape index (κ2) is 12.8. The number of unbranched alkanes of at least 4 members (excludes halogenated alkanes) is 1. The predicted molar refractivity (Wildman–Crippen MR) is 115 cm³/mol. The normalized spacial score (nSPS) is 18.4. The van der Waals surface area contributed by atoms with Crippen molar-refractivity contribution in [1.82, 2.24) is 31.2 Å². The number of nitrogens with one attached hydrogen (secondary N) is 5. The Hall–Kier alpha value is -2.99. The molecule has 2 rings (SSSR count). The van der Waals surface area contributed by atoms with Crippen LogP contribution in [0.1, 0.15) is 44.7 Å². The summed E-state index contributed by atoms with van der Waals surface area (Å²) in [6.45, 7) is 2.54. The van der Waals surface area contributed by atoms with E-state index in [1.165, 1.54) is 19.4 Å². The monoisotopic (exact) mass is 451 g/mol. The molecule has 1 aliphatic heterocycles. The van der Waals surface area contributed by atoms with Gasteiger partial charge in [0, 0.05) is 18.3 Å². The van der Waals surface area contributed by atoms with Crippen LogP contribution in [0.15, 0.2) is 12.5 Å². The fourth-order valence-corrected chi connectivity index (χ4v) is 3.42. The number of carbonyl (C=O) groups excluding carboxylic acids is 3. The number of H-pyrrole nitrogens is 1. The van der Waals surface area contributed by atoms with Crippen molar-refractivity contribution in [2.75, 3.05) is 13.1 Å². The molecule has 178 valence electrons. The van der Waals surface area contributed by atoms with Crippen molar-refractivity contribution in [3.8, 4) is 0 Å². The van der Waals surface area contributed by atoms with Gasteiger partial charge in [-0.05, 0) is 52.1 Å². The van der Waals surface area contributed by atoms with E-state index in [2.05, 4.69) is 31.2 Å². The van der Waals surface area contributed by atoms with E-state index in [0.717, 1.165) is 13.0 Å². The molecule has 0 radical (unpaired) electrons. The largest absolute Gasteiger partial charge is 0.480 e. The molecule has 3 amide bonds. The summed E-state index contributed by atoms with van der Waals surface area (Å²) in [5, 5.41) is 20.0. The van der Waals surface area contributed by atoms with E-state index < -0.39 is 35.9 Å². The number of carbonyl (C=O) groups is 4. The lowest BCUT2D eigenvalue weighted by molar-refractivity contribution is -0.141. The Bertz CT molecular complexity index is 764. The number of carboxylic acid groups (broad SMARTS) is 1. The maximum atomic E-state index is 13.1. The SMILES string of the molecule is CC(NC(=O)C(Cc1cnc[nH]1)NC(=O)C(CCCCN)NC(=O)C1CCCN1)C(=O)O. The quantitative estimate of drug-likeness (QED) is 0.174. The smallest absolute Gasteiger partial charge is 0.325 e. The number of hydrogen-bond acceptors (Lipinski definition) is 7. The third-order valence-electron chi connectivity index (χ3n) is 5.30. The number of aromatic nitrogens is 2. The van der Waals surface area contributed by atoms with Gasteiger partial charge in [-0.3, -0.25) is 19.2 Å². The van der Waals surface area contributed by atoms with E-state index in [-0.39, 0.29) is 18.4 Å². The van der Waals surface area contributed by atoms with Gasteiger partial charge in [0.25, 0.3) is 0 Å². The zero-order valence-corrected chi connectivity index (χ0v) is 18.2. The van der Waals surface area contributed by atoms with E-state index >= 15 is 0 Å². The van der Waals surface area contributed by atoms with Gasteiger partial charge in [-0.25, -0.2) is 4.98 Å². The van der Waals surface area contributed by atoms with Crippen molar-refractivity contribution in [1.29, 1.82) is 0 Å². The molecule has 0 aliphatic carbocycles. The van der Waals surface area contributed by atoms with Gasteiger partial charge in [-0.15, -0.1) is 0 Å². The van der Waals surface area contributed by atoms with Crippen molar-refractivity contribution in [2.24, 2.45) is 5.73 Å². The van der Waals surface area contributed by atoms with Gasteiger partial charge in [-0.2, -0.15) is 0 Å². The number of rotatable bonds is 13. The first-order valence-electron chi connectivity index (χ1n) is 10.9. The highest BCUT2D eigenvalue weighted by Crippen LogP contribution is 2.08. The average molecular weight is 452 g/mol. The summed E-state index contributed by atoms with van der Waals surface area (Å²) in [5.41, 5.74) is 6.14. The van der Waals surface area contributed by atoms with Crippen LogP contribution in [-0.2, 0) is 25.6 Å². The number of amides is 3. The highest BCUT2D eigenvalue weighted by molar-refractivity contribution is 5.94. The first-order chi connectivity index (χ1) is 15.3. The molecule has 2 heterocycles. The maximum Gasteiger partial charge on any atom is 0.325 e. The molecule has 32 heavy (non-hydrogen) atoms. The van der Waals surface area contributed by atoms with E-state index in [9.17, 15) is 19.2 Å². The lowest BCUT2D eigenvalue weighted by atomic mass is 10.1. The molecule has 0 spiro atoms. The van der Waals surface area contributed by atoms with Gasteiger partial charge in [0.05, 0.1) is 12.4 Å². The van der Waals surface area contributed by atoms with Crippen molar-refractivity contribution in [3.05, 3.63) is 18.2 Å². The zero-order chi connectivity index (χ0) is 23.5. The molecule has 1 aromatic rings. The van der Waals surface area contributed by atoms with Crippen molar-refractivity contribution >= 4 is 23.7 Å². The summed E-state index contributed by atoms with van der Waals surface area (Å²) < 4.78 is 0. The molecule has 1 fully saturated rings. The van der Waals surface area contributed by atoms with Crippen LogP contribution in [0.4, 0.5) is 0 Å². The van der Waals surface area contributed by atoms with Crippen molar-refractivity contribution in [2.45, 2.75) is 69.6 Å². The van der Waals surface area contributed by atoms with Gasteiger partial charge in [0.15, 0.2) is 0 Å². The number of hydrogen-bond donors (Lipinski definition) is 7. The Kier molecular flexibility index (Phi) is 10.1. The Balaban J connectivity index is 2.10. The number of imidazole rings is 1. The predicted octanol–water partition coefficient (Wildman–Crippen LogP) is -1.61. The molecule has 0 bridgehead atoms. The number of aliphatic carboxylic acids is 1. The van der Waals surface area contributed by atoms with Crippen LogP contribution in [-0.4, -0.2) is 76.0 Å². The Morgan fingerprint density at radius 2 is 1.94 bits per heavy atom. The lowest BCUT2D eigenvalue weighted by Crippen LogP contribution is -2.57. The maximum absolute atomic E-state index is 13.1. The minimum absolute atomic E-state index is 0.0809. The number of aromatic amines is 1. The Labute approximate surface area is 186 Å². The molecule has 8 N–H and O–H groups in total. The molecule has 1 aromatic heterocycles. The summed E-state index contributed by atoms with van der Waals surface area (Å²) in [6, 6.07) is -3.37. The van der Waals surface area contributed by atoms with Crippen LogP contribution in [0, 0.1) is 0 Å². The van der Waals surface area contributed by atoms with Crippen molar-refractivity contribution in [3.63, 3.8) is 0 Å². The second-order valence-corrected chi connectivity index (χ2v) is 7.91. The van der Waals surface area contributed by atoms with E-state index in [4.69, 9.17) is 10.8 Å². The molecule has 12 heteroatoms. The summed E-state index contributed by atoms with van der Waals surface area (Å²) in [4.78, 5) is 56.2. The van der Waals surface area contributed by atoms with Crippen molar-refractivity contribution < 1.29 is 24.3 Å². The lowest BCUT2D eigenvalue weighted by Gasteiger charge is -2.24. The number of nitrogens with zero attached hydrogens (tertiary/aromatic N) is 1. The topological polar surface area (TPSA) is 191 Å². The minimum Gasteiger partial charge on any atom is -0.480 e. The highest BCUT2D eigenvalue weighted by Gasteiger charge is 2.30. The van der Waals surface area contributed by atoms with Crippen LogP contribution < -0.4 is 27.0 Å². The van der Waals surface area contributed by atoms with Gasteiger partial charge < -0.3 is 37.1 Å². The molecule has 12 nitrogen and oxygen atoms in total. The first-order valence-corrected chi connectivity index (χ1v) is 10.9. The fourth-order valence-electron chi connectivity index (χ4n) is 3.42. The van der Waals surface area contributed by atoms with E-state index in [1.54, 1.807) is 0 Å². The van der Waals surface area contributed by atoms with Gasteiger partial charge in [-0.1, -0.05) is 0 Å². The molecule has 0 aromatic carbocycles. The van der Waals surface area contributed by atoms with E-state index in [1.807, 2.05) is 0 Å². The number of carboxylic acids is 1. The summed E-state index contributed by atoms with van der Waals surface area (Å²) in [7, 11) is 0. The second-order valence-electron chi connectivity index (χ2n) is 7.91. The highest BCUT2D eigenvalue weighted by atomic mass is 16.4. The van der Waals surface area contributed by atoms with Crippen LogP contribution >= 0.6 is 0 Å².